The Labute approximate surface area is 107 Å². The van der Waals surface area contributed by atoms with Crippen molar-refractivity contribution < 1.29 is 0 Å². The van der Waals surface area contributed by atoms with Crippen LogP contribution in [0.15, 0.2) is 41.6 Å². The number of para-hydroxylation sites is 1. The maximum Gasteiger partial charge on any atom is 0.0790 e. The van der Waals surface area contributed by atoms with E-state index in [1.54, 1.807) is 6.20 Å². The van der Waals surface area contributed by atoms with E-state index in [1.807, 2.05) is 38.5 Å². The zero-order valence-corrected chi connectivity index (χ0v) is 10.8. The molecule has 1 aromatic carbocycles. The molecule has 0 amide bonds. The Morgan fingerprint density at radius 3 is 2.94 bits per heavy atom. The second kappa shape index (κ2) is 6.12. The summed E-state index contributed by atoms with van der Waals surface area (Å²) in [5.74, 6) is 0. The molecule has 1 N–H and O–H groups in total. The lowest BCUT2D eigenvalue weighted by molar-refractivity contribution is 0.403. The highest BCUT2D eigenvalue weighted by Crippen LogP contribution is 2.13. The summed E-state index contributed by atoms with van der Waals surface area (Å²) < 4.78 is 0. The van der Waals surface area contributed by atoms with Crippen LogP contribution in [-0.2, 0) is 0 Å². The Bertz CT molecular complexity index is 529. The number of aromatic nitrogens is 1. The third-order valence-electron chi connectivity index (χ3n) is 2.63. The molecule has 4 nitrogen and oxygen atoms in total. The number of hydrogen-bond donors (Lipinski definition) is 1. The third-order valence-corrected chi connectivity index (χ3v) is 2.63. The number of hydrazone groups is 1. The van der Waals surface area contributed by atoms with E-state index in [2.05, 4.69) is 32.5 Å². The van der Waals surface area contributed by atoms with Gasteiger partial charge in [0.25, 0.3) is 0 Å². The van der Waals surface area contributed by atoms with Crippen molar-refractivity contribution in [1.82, 2.24) is 15.3 Å². The molecule has 0 atom stereocenters. The fraction of sp³-hybridized carbons (Fsp3) is 0.286. The van der Waals surface area contributed by atoms with Crippen molar-refractivity contribution in [1.29, 1.82) is 0 Å². The van der Waals surface area contributed by atoms with E-state index >= 15 is 0 Å². The van der Waals surface area contributed by atoms with Gasteiger partial charge in [0.1, 0.15) is 0 Å². The zero-order chi connectivity index (χ0) is 12.8. The molecule has 0 radical (unpaired) electrons. The SMILES string of the molecule is CN(C)CCN/N=C\c1cccc2cccnc12. The molecule has 0 fully saturated rings. The Kier molecular flexibility index (Phi) is 4.25. The molecule has 0 aliphatic rings. The van der Waals surface area contributed by atoms with E-state index in [1.165, 1.54) is 0 Å². The second-order valence-corrected chi connectivity index (χ2v) is 4.39. The molecule has 0 spiro atoms. The molecule has 18 heavy (non-hydrogen) atoms. The molecule has 2 rings (SSSR count). The lowest BCUT2D eigenvalue weighted by Crippen LogP contribution is -2.23. The summed E-state index contributed by atoms with van der Waals surface area (Å²) in [6, 6.07) is 10.1. The van der Waals surface area contributed by atoms with E-state index in [9.17, 15) is 0 Å². The fourth-order valence-corrected chi connectivity index (χ4v) is 1.69. The smallest absolute Gasteiger partial charge is 0.0790 e. The Balaban J connectivity index is 2.05. The van der Waals surface area contributed by atoms with E-state index in [0.29, 0.717) is 0 Å². The summed E-state index contributed by atoms with van der Waals surface area (Å²) in [5, 5.41) is 5.36. The van der Waals surface area contributed by atoms with Crippen LogP contribution in [0.25, 0.3) is 10.9 Å². The number of benzene rings is 1. The van der Waals surface area contributed by atoms with Gasteiger partial charge in [0, 0.05) is 30.2 Å². The first-order valence-corrected chi connectivity index (χ1v) is 6.02. The predicted octanol–water partition coefficient (Wildman–Crippen LogP) is 1.72. The van der Waals surface area contributed by atoms with Crippen molar-refractivity contribution in [2.24, 2.45) is 5.10 Å². The number of hydrogen-bond acceptors (Lipinski definition) is 4. The summed E-state index contributed by atoms with van der Waals surface area (Å²) in [5.41, 5.74) is 5.05. The number of rotatable bonds is 5. The van der Waals surface area contributed by atoms with Crippen LogP contribution in [0, 0.1) is 0 Å². The number of nitrogens with one attached hydrogen (secondary N) is 1. The molecule has 4 heteroatoms. The topological polar surface area (TPSA) is 40.5 Å². The van der Waals surface area contributed by atoms with Gasteiger partial charge < -0.3 is 10.3 Å². The van der Waals surface area contributed by atoms with Crippen molar-refractivity contribution in [3.8, 4) is 0 Å². The molecule has 0 aliphatic carbocycles. The second-order valence-electron chi connectivity index (χ2n) is 4.39. The van der Waals surface area contributed by atoms with Gasteiger partial charge in [-0.25, -0.2) is 0 Å². The maximum absolute atomic E-state index is 4.38. The van der Waals surface area contributed by atoms with Crippen LogP contribution in [0.3, 0.4) is 0 Å². The third kappa shape index (κ3) is 3.28. The molecule has 94 valence electrons. The van der Waals surface area contributed by atoms with Gasteiger partial charge in [-0.2, -0.15) is 5.10 Å². The molecule has 0 aliphatic heterocycles. The summed E-state index contributed by atoms with van der Waals surface area (Å²) in [6.07, 6.45) is 3.63. The fourth-order valence-electron chi connectivity index (χ4n) is 1.69. The average Bonchev–Trinajstić information content (AvgIpc) is 2.38. The maximum atomic E-state index is 4.38. The van der Waals surface area contributed by atoms with Gasteiger partial charge in [0.15, 0.2) is 0 Å². The monoisotopic (exact) mass is 242 g/mol. The quantitative estimate of drug-likeness (QED) is 0.493. The minimum absolute atomic E-state index is 0.835. The van der Waals surface area contributed by atoms with Gasteiger partial charge >= 0.3 is 0 Å². The van der Waals surface area contributed by atoms with Crippen LogP contribution in [-0.4, -0.2) is 43.3 Å². The highest BCUT2D eigenvalue weighted by atomic mass is 15.3. The molecule has 0 saturated carbocycles. The normalized spacial score (nSPS) is 11.5. The largest absolute Gasteiger partial charge is 0.309 e. The summed E-state index contributed by atoms with van der Waals surface area (Å²) in [4.78, 5) is 6.49. The Morgan fingerprint density at radius 2 is 2.11 bits per heavy atom. The van der Waals surface area contributed by atoms with Gasteiger partial charge in [0.05, 0.1) is 11.7 Å². The van der Waals surface area contributed by atoms with Crippen molar-refractivity contribution in [2.45, 2.75) is 0 Å². The highest BCUT2D eigenvalue weighted by Gasteiger charge is 1.98. The van der Waals surface area contributed by atoms with Gasteiger partial charge in [-0.3, -0.25) is 4.98 Å². The molecule has 0 saturated heterocycles. The standard InChI is InChI=1S/C14H18N4/c1-18(2)10-9-16-17-11-13-6-3-5-12-7-4-8-15-14(12)13/h3-8,11,16H,9-10H2,1-2H3/b17-11-. The minimum atomic E-state index is 0.835. The molecule has 0 bridgehead atoms. The molecule has 0 unspecified atom stereocenters. The van der Waals surface area contributed by atoms with E-state index in [4.69, 9.17) is 0 Å². The van der Waals surface area contributed by atoms with Gasteiger partial charge in [0.2, 0.25) is 0 Å². The average molecular weight is 242 g/mol. The van der Waals surface area contributed by atoms with Crippen LogP contribution in [0.1, 0.15) is 5.56 Å². The van der Waals surface area contributed by atoms with E-state index in [0.717, 1.165) is 29.6 Å². The summed E-state index contributed by atoms with van der Waals surface area (Å²) in [6.45, 7) is 1.80. The first-order chi connectivity index (χ1) is 8.77. The predicted molar refractivity (Wildman–Crippen MR) is 75.9 cm³/mol. The lowest BCUT2D eigenvalue weighted by Gasteiger charge is -2.07. The Hall–Kier alpha value is -1.94. The summed E-state index contributed by atoms with van der Waals surface area (Å²) in [7, 11) is 4.08. The lowest BCUT2D eigenvalue weighted by atomic mass is 10.1. The van der Waals surface area contributed by atoms with Crippen molar-refractivity contribution in [2.75, 3.05) is 27.2 Å². The highest BCUT2D eigenvalue weighted by molar-refractivity contribution is 5.97. The molecule has 1 aromatic heterocycles. The Morgan fingerprint density at radius 1 is 1.28 bits per heavy atom. The number of fused-ring (bicyclic) bond motifs is 1. The molecular formula is C14H18N4. The van der Waals surface area contributed by atoms with Crippen LogP contribution in [0.2, 0.25) is 0 Å². The van der Waals surface area contributed by atoms with Gasteiger partial charge in [-0.15, -0.1) is 0 Å². The van der Waals surface area contributed by atoms with E-state index < -0.39 is 0 Å². The van der Waals surface area contributed by atoms with Gasteiger partial charge in [-0.05, 0) is 20.2 Å². The first-order valence-electron chi connectivity index (χ1n) is 6.02. The number of pyridine rings is 1. The van der Waals surface area contributed by atoms with Crippen molar-refractivity contribution >= 4 is 17.1 Å². The minimum Gasteiger partial charge on any atom is -0.309 e. The number of likely N-dealkylation sites (N-methyl/N-ethyl adjacent to an activating group) is 1. The van der Waals surface area contributed by atoms with Crippen molar-refractivity contribution in [3.63, 3.8) is 0 Å². The first kappa shape index (κ1) is 12.5. The van der Waals surface area contributed by atoms with Crippen LogP contribution >= 0.6 is 0 Å². The summed E-state index contributed by atoms with van der Waals surface area (Å²) >= 11 is 0. The molecule has 2 aromatic rings. The molecular weight excluding hydrogens is 224 g/mol. The van der Waals surface area contributed by atoms with Crippen LogP contribution in [0.4, 0.5) is 0 Å². The van der Waals surface area contributed by atoms with E-state index in [-0.39, 0.29) is 0 Å². The molecule has 1 heterocycles. The van der Waals surface area contributed by atoms with Gasteiger partial charge in [-0.1, -0.05) is 24.3 Å². The zero-order valence-electron chi connectivity index (χ0n) is 10.8. The van der Waals surface area contributed by atoms with Crippen LogP contribution < -0.4 is 5.43 Å². The van der Waals surface area contributed by atoms with Crippen molar-refractivity contribution in [3.05, 3.63) is 42.1 Å². The number of nitrogens with zero attached hydrogens (tertiary/aromatic N) is 3. The van der Waals surface area contributed by atoms with Crippen LogP contribution in [0.5, 0.6) is 0 Å².